The molecule has 6 nitrogen and oxygen atoms in total. The minimum atomic E-state index is -0.118. The molecule has 2 aromatic heterocycles. The van der Waals surface area contributed by atoms with E-state index in [0.717, 1.165) is 48.0 Å². The Morgan fingerprint density at radius 1 is 1.34 bits per heavy atom. The predicted molar refractivity (Wildman–Crippen MR) is 119 cm³/mol. The third-order valence-electron chi connectivity index (χ3n) is 5.49. The van der Waals surface area contributed by atoms with E-state index in [-0.39, 0.29) is 17.4 Å². The summed E-state index contributed by atoms with van der Waals surface area (Å²) in [6.07, 6.45) is 2.69. The highest BCUT2D eigenvalue weighted by molar-refractivity contribution is 7.17. The maximum atomic E-state index is 12.7. The van der Waals surface area contributed by atoms with Crippen LogP contribution in [0.3, 0.4) is 0 Å². The van der Waals surface area contributed by atoms with Crippen molar-refractivity contribution in [3.63, 3.8) is 0 Å². The normalized spacial score (nSPS) is 16.9. The Morgan fingerprint density at radius 2 is 2.17 bits per heavy atom. The number of nitrogens with zero attached hydrogens (tertiary/aromatic N) is 2. The number of thiophene rings is 1. The van der Waals surface area contributed by atoms with Gasteiger partial charge in [0.25, 0.3) is 5.56 Å². The van der Waals surface area contributed by atoms with Crippen molar-refractivity contribution < 1.29 is 4.79 Å². The van der Waals surface area contributed by atoms with E-state index in [9.17, 15) is 9.59 Å². The summed E-state index contributed by atoms with van der Waals surface area (Å²) in [6.45, 7) is 6.18. The van der Waals surface area contributed by atoms with E-state index < -0.39 is 0 Å². The first-order valence-electron chi connectivity index (χ1n) is 10.2. The third kappa shape index (κ3) is 3.92. The number of carbonyl (C=O) groups is 1. The maximum Gasteiger partial charge on any atom is 0.270 e. The molecule has 1 aliphatic rings. The van der Waals surface area contributed by atoms with Gasteiger partial charge in [0, 0.05) is 30.6 Å². The molecule has 0 unspecified atom stereocenters. The van der Waals surface area contributed by atoms with Gasteiger partial charge in [-0.1, -0.05) is 31.2 Å². The highest BCUT2D eigenvalue weighted by atomic mass is 32.1. The fourth-order valence-corrected chi connectivity index (χ4v) is 4.81. The van der Waals surface area contributed by atoms with Gasteiger partial charge in [-0.15, -0.1) is 11.3 Å². The maximum absolute atomic E-state index is 12.7. The van der Waals surface area contributed by atoms with Crippen molar-refractivity contribution in [2.75, 3.05) is 24.5 Å². The summed E-state index contributed by atoms with van der Waals surface area (Å²) in [5, 5.41) is 5.00. The number of benzene rings is 1. The number of nitrogens with one attached hydrogen (secondary N) is 2. The number of fused-ring (bicyclic) bond motifs is 1. The highest BCUT2D eigenvalue weighted by Gasteiger charge is 2.27. The van der Waals surface area contributed by atoms with Crippen LogP contribution in [0.2, 0.25) is 0 Å². The lowest BCUT2D eigenvalue weighted by Gasteiger charge is -2.32. The molecule has 0 bridgehead atoms. The molecule has 7 heteroatoms. The molecule has 1 aliphatic heterocycles. The summed E-state index contributed by atoms with van der Waals surface area (Å²) >= 11 is 1.43. The summed E-state index contributed by atoms with van der Waals surface area (Å²) in [5.41, 5.74) is 3.86. The fourth-order valence-electron chi connectivity index (χ4n) is 3.91. The van der Waals surface area contributed by atoms with Crippen LogP contribution in [0, 0.1) is 12.8 Å². The number of rotatable bonds is 5. The van der Waals surface area contributed by atoms with Gasteiger partial charge in [0.1, 0.15) is 4.70 Å². The lowest BCUT2D eigenvalue weighted by Crippen LogP contribution is -2.44. The van der Waals surface area contributed by atoms with E-state index in [0.29, 0.717) is 23.7 Å². The van der Waals surface area contributed by atoms with Crippen molar-refractivity contribution in [2.45, 2.75) is 33.1 Å². The van der Waals surface area contributed by atoms with Gasteiger partial charge in [0.2, 0.25) is 11.9 Å². The largest absolute Gasteiger partial charge is 0.356 e. The average molecular weight is 411 g/mol. The number of hydrogen-bond acceptors (Lipinski definition) is 5. The second-order valence-corrected chi connectivity index (χ2v) is 8.49. The summed E-state index contributed by atoms with van der Waals surface area (Å²) in [7, 11) is 0. The molecule has 152 valence electrons. The molecular weight excluding hydrogens is 384 g/mol. The third-order valence-corrected chi connectivity index (χ3v) is 6.46. The van der Waals surface area contributed by atoms with Crippen LogP contribution in [0.5, 0.6) is 0 Å². The minimum Gasteiger partial charge on any atom is -0.356 e. The highest BCUT2D eigenvalue weighted by Crippen LogP contribution is 2.33. The van der Waals surface area contributed by atoms with Crippen LogP contribution in [0.4, 0.5) is 5.95 Å². The number of amides is 1. The number of aromatic amines is 1. The van der Waals surface area contributed by atoms with Gasteiger partial charge in [0.15, 0.2) is 0 Å². The smallest absolute Gasteiger partial charge is 0.270 e. The first kappa shape index (κ1) is 19.6. The molecule has 3 heterocycles. The Bertz CT molecular complexity index is 1090. The van der Waals surface area contributed by atoms with Gasteiger partial charge in [-0.25, -0.2) is 4.98 Å². The predicted octanol–water partition coefficient (Wildman–Crippen LogP) is 3.70. The molecule has 1 amide bonds. The molecule has 3 aromatic rings. The quantitative estimate of drug-likeness (QED) is 0.672. The van der Waals surface area contributed by atoms with Gasteiger partial charge >= 0.3 is 0 Å². The number of hydrogen-bond donors (Lipinski definition) is 2. The van der Waals surface area contributed by atoms with Gasteiger partial charge in [-0.05, 0) is 37.3 Å². The molecule has 1 fully saturated rings. The van der Waals surface area contributed by atoms with Crippen molar-refractivity contribution in [2.24, 2.45) is 5.92 Å². The molecule has 0 radical (unpaired) electrons. The zero-order chi connectivity index (χ0) is 20.4. The molecule has 1 aromatic carbocycles. The molecule has 0 spiro atoms. The molecule has 1 atom stereocenters. The topological polar surface area (TPSA) is 78.1 Å². The first-order chi connectivity index (χ1) is 14.1. The van der Waals surface area contributed by atoms with Crippen LogP contribution in [0.1, 0.15) is 31.7 Å². The van der Waals surface area contributed by atoms with Crippen LogP contribution in [-0.2, 0) is 4.79 Å². The van der Waals surface area contributed by atoms with Crippen molar-refractivity contribution in [1.82, 2.24) is 15.3 Å². The summed E-state index contributed by atoms with van der Waals surface area (Å²) in [4.78, 5) is 35.0. The lowest BCUT2D eigenvalue weighted by atomic mass is 9.97. The van der Waals surface area contributed by atoms with E-state index in [1.165, 1.54) is 11.3 Å². The van der Waals surface area contributed by atoms with Crippen LogP contribution >= 0.6 is 11.3 Å². The Balaban J connectivity index is 1.68. The van der Waals surface area contributed by atoms with Crippen molar-refractivity contribution >= 4 is 33.4 Å². The number of anilines is 1. The molecular formula is C22H26N4O2S. The molecule has 2 N–H and O–H groups in total. The number of aromatic nitrogens is 2. The Kier molecular flexibility index (Phi) is 5.67. The van der Waals surface area contributed by atoms with Crippen LogP contribution in [0.15, 0.2) is 34.4 Å². The summed E-state index contributed by atoms with van der Waals surface area (Å²) in [6, 6.07) is 8.14. The molecule has 0 saturated carbocycles. The molecule has 1 saturated heterocycles. The zero-order valence-corrected chi connectivity index (χ0v) is 17.6. The number of carbonyl (C=O) groups excluding carboxylic acids is 1. The SMILES string of the molecule is CCCNC(=O)[C@@H]1CCCN(c2nc3c(-c4ccccc4C)csc3c(=O)[nH]2)C1. The van der Waals surface area contributed by atoms with Gasteiger partial charge in [-0.3, -0.25) is 14.6 Å². The Labute approximate surface area is 174 Å². The summed E-state index contributed by atoms with van der Waals surface area (Å²) < 4.78 is 0.640. The minimum absolute atomic E-state index is 0.0744. The monoisotopic (exact) mass is 410 g/mol. The van der Waals surface area contributed by atoms with Crippen molar-refractivity contribution in [3.8, 4) is 11.1 Å². The first-order valence-corrected chi connectivity index (χ1v) is 11.1. The fraction of sp³-hybridized carbons (Fsp3) is 0.409. The van der Waals surface area contributed by atoms with E-state index in [1.54, 1.807) is 0 Å². The summed E-state index contributed by atoms with van der Waals surface area (Å²) in [5.74, 6) is 0.578. The standard InChI is InChI=1S/C22H26N4O2S/c1-3-10-23-20(27)15-8-6-11-26(12-15)22-24-18-17(13-29-19(18)21(28)25-22)16-9-5-4-7-14(16)2/h4-5,7,9,13,15H,3,6,8,10-12H2,1-2H3,(H,23,27)(H,24,25,28)/t15-/m1/s1. The second kappa shape index (κ2) is 8.37. The second-order valence-electron chi connectivity index (χ2n) is 7.61. The lowest BCUT2D eigenvalue weighted by molar-refractivity contribution is -0.125. The Hall–Kier alpha value is -2.67. The van der Waals surface area contributed by atoms with Gasteiger partial charge < -0.3 is 10.2 Å². The number of piperidine rings is 1. The molecule has 0 aliphatic carbocycles. The molecule has 4 rings (SSSR count). The number of aryl methyl sites for hydroxylation is 1. The number of H-pyrrole nitrogens is 1. The van der Waals surface area contributed by atoms with Gasteiger partial charge in [0.05, 0.1) is 11.4 Å². The van der Waals surface area contributed by atoms with Crippen molar-refractivity contribution in [3.05, 3.63) is 45.6 Å². The van der Waals surface area contributed by atoms with E-state index in [4.69, 9.17) is 4.98 Å². The molecule has 29 heavy (non-hydrogen) atoms. The van der Waals surface area contributed by atoms with Crippen LogP contribution < -0.4 is 15.8 Å². The van der Waals surface area contributed by atoms with Crippen LogP contribution in [-0.4, -0.2) is 35.5 Å². The zero-order valence-electron chi connectivity index (χ0n) is 16.8. The van der Waals surface area contributed by atoms with Crippen LogP contribution in [0.25, 0.3) is 21.3 Å². The van der Waals surface area contributed by atoms with E-state index in [2.05, 4.69) is 29.4 Å². The average Bonchev–Trinajstić information content (AvgIpc) is 3.17. The Morgan fingerprint density at radius 3 is 2.97 bits per heavy atom. The van der Waals surface area contributed by atoms with Crippen molar-refractivity contribution in [1.29, 1.82) is 0 Å². The van der Waals surface area contributed by atoms with Gasteiger partial charge in [-0.2, -0.15) is 0 Å². The van der Waals surface area contributed by atoms with E-state index in [1.807, 2.05) is 29.3 Å². The van der Waals surface area contributed by atoms with E-state index >= 15 is 0 Å².